The maximum atomic E-state index is 5.93. The van der Waals surface area contributed by atoms with Crippen molar-refractivity contribution in [1.29, 1.82) is 0 Å². The molecular formula is C22H20N2O. The molecular weight excluding hydrogens is 308 g/mol. The van der Waals surface area contributed by atoms with E-state index in [2.05, 4.69) is 53.1 Å². The molecule has 3 heteroatoms. The highest BCUT2D eigenvalue weighted by Gasteiger charge is 2.11. The lowest BCUT2D eigenvalue weighted by Crippen LogP contribution is -2.09. The van der Waals surface area contributed by atoms with E-state index in [1.54, 1.807) is 0 Å². The Morgan fingerprint density at radius 3 is 2.24 bits per heavy atom. The fourth-order valence-electron chi connectivity index (χ4n) is 3.04. The number of nitrogens with zero attached hydrogens (tertiary/aromatic N) is 2. The molecule has 0 spiro atoms. The second-order valence-corrected chi connectivity index (χ2v) is 6.01. The lowest BCUT2D eigenvalue weighted by Gasteiger charge is -2.10. The van der Waals surface area contributed by atoms with E-state index in [1.165, 1.54) is 5.56 Å². The van der Waals surface area contributed by atoms with Gasteiger partial charge in [0.05, 0.1) is 11.0 Å². The van der Waals surface area contributed by atoms with Crippen LogP contribution in [-0.4, -0.2) is 9.55 Å². The van der Waals surface area contributed by atoms with E-state index in [9.17, 15) is 0 Å². The first kappa shape index (κ1) is 15.5. The third kappa shape index (κ3) is 3.56. The molecule has 0 saturated carbocycles. The molecule has 124 valence electrons. The third-order valence-electron chi connectivity index (χ3n) is 4.31. The molecule has 0 bridgehead atoms. The Balaban J connectivity index is 1.59. The van der Waals surface area contributed by atoms with Crippen molar-refractivity contribution < 1.29 is 4.74 Å². The molecule has 0 atom stereocenters. The number of fused-ring (bicyclic) bond motifs is 1. The van der Waals surface area contributed by atoms with Crippen LogP contribution in [0.4, 0.5) is 0 Å². The molecule has 3 aromatic carbocycles. The summed E-state index contributed by atoms with van der Waals surface area (Å²) in [4.78, 5) is 4.78. The van der Waals surface area contributed by atoms with Crippen molar-refractivity contribution in [2.24, 2.45) is 0 Å². The average molecular weight is 328 g/mol. The summed E-state index contributed by atoms with van der Waals surface area (Å²) in [5, 5.41) is 0. The van der Waals surface area contributed by atoms with Crippen LogP contribution in [-0.2, 0) is 19.6 Å². The van der Waals surface area contributed by atoms with Crippen molar-refractivity contribution in [2.45, 2.75) is 19.6 Å². The van der Waals surface area contributed by atoms with Crippen LogP contribution in [0, 0.1) is 0 Å². The van der Waals surface area contributed by atoms with Gasteiger partial charge in [0.15, 0.2) is 0 Å². The number of para-hydroxylation sites is 3. The van der Waals surface area contributed by atoms with Crippen LogP contribution in [0.3, 0.4) is 0 Å². The van der Waals surface area contributed by atoms with E-state index < -0.39 is 0 Å². The smallest absolute Gasteiger partial charge is 0.148 e. The first-order chi connectivity index (χ1) is 12.4. The molecule has 0 unspecified atom stereocenters. The van der Waals surface area contributed by atoms with Crippen molar-refractivity contribution in [2.75, 3.05) is 0 Å². The lowest BCUT2D eigenvalue weighted by atomic mass is 10.1. The molecule has 4 rings (SSSR count). The Labute approximate surface area is 147 Å². The Bertz CT molecular complexity index is 946. The molecule has 0 aliphatic rings. The van der Waals surface area contributed by atoms with Gasteiger partial charge in [-0.2, -0.15) is 0 Å². The van der Waals surface area contributed by atoms with Crippen LogP contribution in [0.15, 0.2) is 84.9 Å². The Morgan fingerprint density at radius 2 is 1.44 bits per heavy atom. The first-order valence-electron chi connectivity index (χ1n) is 8.56. The number of imidazole rings is 1. The lowest BCUT2D eigenvalue weighted by molar-refractivity contribution is 0.290. The van der Waals surface area contributed by atoms with E-state index in [-0.39, 0.29) is 0 Å². The molecule has 1 heterocycles. The molecule has 0 aliphatic carbocycles. The summed E-state index contributed by atoms with van der Waals surface area (Å²) in [6.45, 7) is 1.35. The van der Waals surface area contributed by atoms with Gasteiger partial charge < -0.3 is 9.30 Å². The normalized spacial score (nSPS) is 10.9. The number of benzene rings is 3. The van der Waals surface area contributed by atoms with Gasteiger partial charge in [-0.25, -0.2) is 4.98 Å². The maximum Gasteiger partial charge on any atom is 0.148 e. The van der Waals surface area contributed by atoms with Gasteiger partial charge in [-0.05, 0) is 36.2 Å². The molecule has 25 heavy (non-hydrogen) atoms. The second-order valence-electron chi connectivity index (χ2n) is 6.01. The number of aromatic nitrogens is 2. The van der Waals surface area contributed by atoms with Crippen LogP contribution in [0.5, 0.6) is 5.75 Å². The number of ether oxygens (including phenoxy) is 1. The predicted octanol–water partition coefficient (Wildman–Crippen LogP) is 4.86. The van der Waals surface area contributed by atoms with Crippen LogP contribution < -0.4 is 4.74 Å². The zero-order valence-electron chi connectivity index (χ0n) is 14.0. The summed E-state index contributed by atoms with van der Waals surface area (Å²) >= 11 is 0. The summed E-state index contributed by atoms with van der Waals surface area (Å²) in [7, 11) is 0. The Hall–Kier alpha value is -3.07. The zero-order valence-corrected chi connectivity index (χ0v) is 14.0. The highest BCUT2D eigenvalue weighted by molar-refractivity contribution is 5.75. The number of aryl methyl sites for hydroxylation is 2. The van der Waals surface area contributed by atoms with Crippen molar-refractivity contribution >= 4 is 11.0 Å². The molecule has 0 saturated heterocycles. The fraction of sp³-hybridized carbons (Fsp3) is 0.136. The van der Waals surface area contributed by atoms with E-state index in [0.29, 0.717) is 6.61 Å². The minimum Gasteiger partial charge on any atom is -0.486 e. The second kappa shape index (κ2) is 7.22. The van der Waals surface area contributed by atoms with E-state index >= 15 is 0 Å². The third-order valence-corrected chi connectivity index (χ3v) is 4.31. The SMILES string of the molecule is c1ccc(CCn2c(COc3ccccc3)nc3ccccc32)cc1. The van der Waals surface area contributed by atoms with Gasteiger partial charge in [0, 0.05) is 6.54 Å². The van der Waals surface area contributed by atoms with Crippen LogP contribution in [0.2, 0.25) is 0 Å². The standard InChI is InChI=1S/C22H20N2O/c1-3-9-18(10-4-1)15-16-24-21-14-8-7-13-20(21)23-22(24)17-25-19-11-5-2-6-12-19/h1-14H,15-17H2. The topological polar surface area (TPSA) is 27.1 Å². The summed E-state index contributed by atoms with van der Waals surface area (Å²) in [5.74, 6) is 1.82. The van der Waals surface area contributed by atoms with Crippen molar-refractivity contribution in [3.05, 3.63) is 96.3 Å². The minimum absolute atomic E-state index is 0.466. The van der Waals surface area contributed by atoms with Gasteiger partial charge in [-0.15, -0.1) is 0 Å². The van der Waals surface area contributed by atoms with E-state index in [0.717, 1.165) is 35.6 Å². The van der Waals surface area contributed by atoms with Crippen molar-refractivity contribution in [3.63, 3.8) is 0 Å². The predicted molar refractivity (Wildman–Crippen MR) is 101 cm³/mol. The highest BCUT2D eigenvalue weighted by Crippen LogP contribution is 2.19. The van der Waals surface area contributed by atoms with Gasteiger partial charge in [0.1, 0.15) is 18.2 Å². The molecule has 0 aliphatic heterocycles. The fourth-order valence-corrected chi connectivity index (χ4v) is 3.04. The van der Waals surface area contributed by atoms with Crippen LogP contribution in [0.1, 0.15) is 11.4 Å². The van der Waals surface area contributed by atoms with E-state index in [1.807, 2.05) is 36.4 Å². The molecule has 0 fully saturated rings. The summed E-state index contributed by atoms with van der Waals surface area (Å²) in [6, 6.07) is 28.7. The van der Waals surface area contributed by atoms with Gasteiger partial charge in [-0.1, -0.05) is 60.7 Å². The number of hydrogen-bond donors (Lipinski definition) is 0. The van der Waals surface area contributed by atoms with Gasteiger partial charge in [-0.3, -0.25) is 0 Å². The zero-order chi connectivity index (χ0) is 16.9. The Kier molecular flexibility index (Phi) is 4.46. The largest absolute Gasteiger partial charge is 0.486 e. The van der Waals surface area contributed by atoms with E-state index in [4.69, 9.17) is 9.72 Å². The van der Waals surface area contributed by atoms with Gasteiger partial charge in [0.25, 0.3) is 0 Å². The Morgan fingerprint density at radius 1 is 0.760 bits per heavy atom. The molecule has 0 radical (unpaired) electrons. The summed E-state index contributed by atoms with van der Waals surface area (Å²) in [6.07, 6.45) is 0.972. The maximum absolute atomic E-state index is 5.93. The first-order valence-corrected chi connectivity index (χ1v) is 8.56. The molecule has 1 aromatic heterocycles. The molecule has 3 nitrogen and oxygen atoms in total. The highest BCUT2D eigenvalue weighted by atomic mass is 16.5. The number of hydrogen-bond acceptors (Lipinski definition) is 2. The van der Waals surface area contributed by atoms with Crippen molar-refractivity contribution in [1.82, 2.24) is 9.55 Å². The van der Waals surface area contributed by atoms with Gasteiger partial charge in [0.2, 0.25) is 0 Å². The van der Waals surface area contributed by atoms with Gasteiger partial charge >= 0.3 is 0 Å². The quantitative estimate of drug-likeness (QED) is 0.505. The number of rotatable bonds is 6. The van der Waals surface area contributed by atoms with Crippen LogP contribution in [0.25, 0.3) is 11.0 Å². The van der Waals surface area contributed by atoms with Crippen LogP contribution >= 0.6 is 0 Å². The average Bonchev–Trinajstić information content (AvgIpc) is 3.04. The summed E-state index contributed by atoms with van der Waals surface area (Å²) < 4.78 is 8.20. The minimum atomic E-state index is 0.466. The monoisotopic (exact) mass is 328 g/mol. The van der Waals surface area contributed by atoms with Crippen molar-refractivity contribution in [3.8, 4) is 5.75 Å². The molecule has 0 N–H and O–H groups in total. The molecule has 0 amide bonds. The molecule has 4 aromatic rings. The summed E-state index contributed by atoms with van der Waals surface area (Å²) in [5.41, 5.74) is 3.50.